The van der Waals surface area contributed by atoms with Crippen LogP contribution in [0.2, 0.25) is 0 Å². The molecule has 23 heavy (non-hydrogen) atoms. The van der Waals surface area contributed by atoms with Crippen molar-refractivity contribution in [1.82, 2.24) is 15.1 Å². The summed E-state index contributed by atoms with van der Waals surface area (Å²) in [5.41, 5.74) is 0.952. The molecule has 0 spiro atoms. The molecule has 1 aromatic heterocycles. The van der Waals surface area contributed by atoms with E-state index in [0.717, 1.165) is 44.1 Å². The molecule has 0 atom stereocenters. The highest BCUT2D eigenvalue weighted by molar-refractivity contribution is 5.85. The fourth-order valence-electron chi connectivity index (χ4n) is 3.63. The van der Waals surface area contributed by atoms with Crippen molar-refractivity contribution in [1.29, 1.82) is 0 Å². The van der Waals surface area contributed by atoms with Crippen LogP contribution < -0.4 is 0 Å². The van der Waals surface area contributed by atoms with Gasteiger partial charge in [-0.05, 0) is 50.5 Å². The van der Waals surface area contributed by atoms with Crippen LogP contribution in [0.3, 0.4) is 0 Å². The first-order chi connectivity index (χ1) is 11.1. The van der Waals surface area contributed by atoms with E-state index in [-0.39, 0.29) is 5.69 Å². The molecule has 6 heteroatoms. The second kappa shape index (κ2) is 7.45. The number of piperidine rings is 1. The van der Waals surface area contributed by atoms with E-state index in [0.29, 0.717) is 12.2 Å². The number of likely N-dealkylation sites (tertiary alicyclic amines) is 1. The van der Waals surface area contributed by atoms with Crippen molar-refractivity contribution in [2.45, 2.75) is 64.2 Å². The smallest absolute Gasteiger partial charge is 0.356 e. The largest absolute Gasteiger partial charge is 0.476 e. The van der Waals surface area contributed by atoms with Gasteiger partial charge >= 0.3 is 5.97 Å². The predicted molar refractivity (Wildman–Crippen MR) is 86.4 cm³/mol. The van der Waals surface area contributed by atoms with E-state index in [4.69, 9.17) is 9.84 Å². The number of carbonyl (C=O) groups is 1. The second-order valence-corrected chi connectivity index (χ2v) is 7.08. The quantitative estimate of drug-likeness (QED) is 0.872. The third-order valence-corrected chi connectivity index (χ3v) is 5.13. The lowest BCUT2D eigenvalue weighted by Crippen LogP contribution is -2.38. The number of H-pyrrole nitrogens is 1. The molecule has 1 aliphatic heterocycles. The van der Waals surface area contributed by atoms with Crippen molar-refractivity contribution in [3.05, 3.63) is 17.5 Å². The van der Waals surface area contributed by atoms with Gasteiger partial charge in [-0.25, -0.2) is 4.79 Å². The molecule has 0 bridgehead atoms. The number of hydrogen-bond donors (Lipinski definition) is 2. The van der Waals surface area contributed by atoms with Crippen LogP contribution in [0.25, 0.3) is 0 Å². The Hall–Kier alpha value is -1.40. The molecule has 1 saturated heterocycles. The summed E-state index contributed by atoms with van der Waals surface area (Å²) in [6.45, 7) is 5.05. The predicted octanol–water partition coefficient (Wildman–Crippen LogP) is 2.67. The van der Waals surface area contributed by atoms with E-state index in [9.17, 15) is 4.79 Å². The molecular formula is C17H27N3O3. The molecule has 2 N–H and O–H groups in total. The highest BCUT2D eigenvalue weighted by Gasteiger charge is 2.25. The summed E-state index contributed by atoms with van der Waals surface area (Å²) in [5, 5.41) is 15.5. The normalized spacial score (nSPS) is 27.2. The number of hydrogen-bond acceptors (Lipinski definition) is 4. The number of carboxylic acids is 1. The zero-order valence-corrected chi connectivity index (χ0v) is 13.8. The van der Waals surface area contributed by atoms with E-state index in [2.05, 4.69) is 22.0 Å². The number of aromatic amines is 1. The van der Waals surface area contributed by atoms with Gasteiger partial charge in [0.05, 0.1) is 17.9 Å². The number of aromatic carboxylic acids is 1. The van der Waals surface area contributed by atoms with Gasteiger partial charge in [0.25, 0.3) is 0 Å². The highest BCUT2D eigenvalue weighted by Crippen LogP contribution is 2.28. The molecule has 1 aromatic rings. The number of nitrogens with one attached hydrogen (secondary N) is 1. The Morgan fingerprint density at radius 1 is 1.26 bits per heavy atom. The van der Waals surface area contributed by atoms with E-state index in [1.165, 1.54) is 25.7 Å². The number of ether oxygens (including phenoxy) is 1. The summed E-state index contributed by atoms with van der Waals surface area (Å²) in [4.78, 5) is 13.2. The van der Waals surface area contributed by atoms with Gasteiger partial charge < -0.3 is 9.84 Å². The molecular weight excluding hydrogens is 294 g/mol. The first kappa shape index (κ1) is 16.5. The minimum Gasteiger partial charge on any atom is -0.476 e. The Bertz CT molecular complexity index is 515. The molecule has 2 aliphatic rings. The van der Waals surface area contributed by atoms with Crippen LogP contribution in [0, 0.1) is 5.92 Å². The lowest BCUT2D eigenvalue weighted by atomic mass is 9.88. The first-order valence-electron chi connectivity index (χ1n) is 8.75. The summed E-state index contributed by atoms with van der Waals surface area (Å²) in [5.74, 6) is -0.122. The summed E-state index contributed by atoms with van der Waals surface area (Å²) >= 11 is 0. The zero-order valence-electron chi connectivity index (χ0n) is 13.8. The molecule has 0 aromatic carbocycles. The zero-order chi connectivity index (χ0) is 16.2. The maximum absolute atomic E-state index is 10.8. The van der Waals surface area contributed by atoms with Gasteiger partial charge in [-0.2, -0.15) is 5.10 Å². The molecule has 2 heterocycles. The van der Waals surface area contributed by atoms with E-state index >= 15 is 0 Å². The van der Waals surface area contributed by atoms with Crippen molar-refractivity contribution < 1.29 is 14.6 Å². The van der Waals surface area contributed by atoms with Crippen molar-refractivity contribution >= 4 is 5.97 Å². The van der Waals surface area contributed by atoms with Gasteiger partial charge in [-0.1, -0.05) is 6.92 Å². The Morgan fingerprint density at radius 3 is 2.52 bits per heavy atom. The summed E-state index contributed by atoms with van der Waals surface area (Å²) in [6.07, 6.45) is 8.01. The summed E-state index contributed by atoms with van der Waals surface area (Å²) in [7, 11) is 0. The van der Waals surface area contributed by atoms with Crippen molar-refractivity contribution in [3.63, 3.8) is 0 Å². The number of nitrogens with zero attached hydrogens (tertiary/aromatic N) is 2. The summed E-state index contributed by atoms with van der Waals surface area (Å²) in [6, 6.07) is 1.62. The standard InChI is InChI=1S/C17H27N3O3/c1-12-2-4-14(5-3-12)23-15-6-8-20(9-7-15)11-13-10-16(17(21)22)19-18-13/h10,12,14-15H,2-9,11H2,1H3,(H,18,19)(H,21,22). The summed E-state index contributed by atoms with van der Waals surface area (Å²) < 4.78 is 6.29. The Labute approximate surface area is 137 Å². The second-order valence-electron chi connectivity index (χ2n) is 7.08. The van der Waals surface area contributed by atoms with Crippen LogP contribution in [-0.4, -0.2) is 51.5 Å². The molecule has 0 unspecified atom stereocenters. The van der Waals surface area contributed by atoms with Crippen LogP contribution >= 0.6 is 0 Å². The van der Waals surface area contributed by atoms with Gasteiger partial charge in [0.1, 0.15) is 0 Å². The highest BCUT2D eigenvalue weighted by atomic mass is 16.5. The van der Waals surface area contributed by atoms with E-state index < -0.39 is 5.97 Å². The van der Waals surface area contributed by atoms with Gasteiger partial charge in [0, 0.05) is 19.6 Å². The molecule has 3 rings (SSSR count). The van der Waals surface area contributed by atoms with Crippen LogP contribution in [0.1, 0.15) is 61.6 Å². The lowest BCUT2D eigenvalue weighted by molar-refractivity contribution is -0.0609. The molecule has 0 amide bonds. The Balaban J connectivity index is 1.40. The lowest BCUT2D eigenvalue weighted by Gasteiger charge is -2.35. The monoisotopic (exact) mass is 321 g/mol. The average molecular weight is 321 g/mol. The molecule has 1 saturated carbocycles. The van der Waals surface area contributed by atoms with Crippen molar-refractivity contribution in [2.75, 3.05) is 13.1 Å². The van der Waals surface area contributed by atoms with Gasteiger partial charge in [-0.3, -0.25) is 10.00 Å². The van der Waals surface area contributed by atoms with Gasteiger partial charge in [0.2, 0.25) is 0 Å². The van der Waals surface area contributed by atoms with Gasteiger partial charge in [-0.15, -0.1) is 0 Å². The van der Waals surface area contributed by atoms with Crippen LogP contribution in [0.5, 0.6) is 0 Å². The molecule has 0 radical (unpaired) electrons. The van der Waals surface area contributed by atoms with Crippen molar-refractivity contribution in [2.24, 2.45) is 5.92 Å². The maximum Gasteiger partial charge on any atom is 0.356 e. The van der Waals surface area contributed by atoms with E-state index in [1.807, 2.05) is 0 Å². The fourth-order valence-corrected chi connectivity index (χ4v) is 3.63. The molecule has 128 valence electrons. The average Bonchev–Trinajstić information content (AvgIpc) is 3.00. The Morgan fingerprint density at radius 2 is 1.91 bits per heavy atom. The Kier molecular flexibility index (Phi) is 5.33. The molecule has 1 aliphatic carbocycles. The number of aromatic nitrogens is 2. The van der Waals surface area contributed by atoms with Crippen LogP contribution in [0.15, 0.2) is 6.07 Å². The molecule has 2 fully saturated rings. The topological polar surface area (TPSA) is 78.4 Å². The van der Waals surface area contributed by atoms with Crippen LogP contribution in [-0.2, 0) is 11.3 Å². The van der Waals surface area contributed by atoms with Crippen LogP contribution in [0.4, 0.5) is 0 Å². The third-order valence-electron chi connectivity index (χ3n) is 5.13. The first-order valence-corrected chi connectivity index (χ1v) is 8.75. The maximum atomic E-state index is 10.8. The number of rotatable bonds is 5. The minimum atomic E-state index is -0.985. The fraction of sp³-hybridized carbons (Fsp3) is 0.765. The molecule has 6 nitrogen and oxygen atoms in total. The number of carboxylic acid groups (broad SMARTS) is 1. The van der Waals surface area contributed by atoms with E-state index in [1.54, 1.807) is 6.07 Å². The SMILES string of the molecule is CC1CCC(OC2CCN(Cc3cc(C(=O)O)n[nH]3)CC2)CC1. The van der Waals surface area contributed by atoms with Crippen molar-refractivity contribution in [3.8, 4) is 0 Å². The third kappa shape index (κ3) is 4.54. The van der Waals surface area contributed by atoms with Gasteiger partial charge in [0.15, 0.2) is 5.69 Å². The minimum absolute atomic E-state index is 0.0877.